The second kappa shape index (κ2) is 6.42. The van der Waals surface area contributed by atoms with Crippen LogP contribution in [0.1, 0.15) is 29.2 Å². The first-order chi connectivity index (χ1) is 14.1. The number of rotatable bonds is 0. The van der Waals surface area contributed by atoms with Crippen LogP contribution in [0.15, 0.2) is 81.7 Å². The topological polar surface area (TPSA) is 0 Å². The van der Waals surface area contributed by atoms with E-state index in [1.807, 2.05) is 0 Å². The summed E-state index contributed by atoms with van der Waals surface area (Å²) in [7, 11) is 0. The van der Waals surface area contributed by atoms with Crippen molar-refractivity contribution in [2.75, 3.05) is 0 Å². The highest BCUT2D eigenvalue weighted by Crippen LogP contribution is 2.53. The molecule has 0 heterocycles. The molecule has 0 saturated heterocycles. The van der Waals surface area contributed by atoms with Gasteiger partial charge in [0.1, 0.15) is 0 Å². The molecule has 140 valence electrons. The smallest absolute Gasteiger partial charge is 0.0181 e. The third-order valence-corrected chi connectivity index (χ3v) is 7.35. The quantitative estimate of drug-likeness (QED) is 0.199. The summed E-state index contributed by atoms with van der Waals surface area (Å²) in [6.45, 7) is 2.38. The van der Waals surface area contributed by atoms with Crippen molar-refractivity contribution >= 4 is 53.8 Å². The lowest BCUT2D eigenvalue weighted by molar-refractivity contribution is 0.782. The van der Waals surface area contributed by atoms with E-state index in [1.54, 1.807) is 0 Å². The van der Waals surface area contributed by atoms with Crippen LogP contribution in [0.3, 0.4) is 0 Å². The summed E-state index contributed by atoms with van der Waals surface area (Å²) >= 11 is 7.43. The molecule has 2 heteroatoms. The van der Waals surface area contributed by atoms with Crippen molar-refractivity contribution in [3.63, 3.8) is 0 Å². The van der Waals surface area contributed by atoms with Crippen molar-refractivity contribution in [2.24, 2.45) is 5.92 Å². The lowest BCUT2D eigenvalue weighted by Crippen LogP contribution is -1.97. The van der Waals surface area contributed by atoms with E-state index in [4.69, 9.17) is 0 Å². The minimum absolute atomic E-state index is 0.488. The molecule has 0 fully saturated rings. The van der Waals surface area contributed by atoms with E-state index < -0.39 is 0 Å². The number of hydrogen-bond donors (Lipinski definition) is 0. The van der Waals surface area contributed by atoms with Crippen LogP contribution >= 0.6 is 31.9 Å². The van der Waals surface area contributed by atoms with E-state index >= 15 is 0 Å². The number of fused-ring (bicyclic) bond motifs is 6. The Morgan fingerprint density at radius 3 is 2.07 bits per heavy atom. The summed E-state index contributed by atoms with van der Waals surface area (Å²) in [5.41, 5.74) is 11.2. The summed E-state index contributed by atoms with van der Waals surface area (Å²) in [6.07, 6.45) is 1.10. The lowest BCUT2D eigenvalue weighted by atomic mass is 9.88. The van der Waals surface area contributed by atoms with E-state index in [9.17, 15) is 0 Å². The number of benzene rings is 4. The average Bonchev–Trinajstić information content (AvgIpc) is 3.20. The number of hydrogen-bond acceptors (Lipinski definition) is 0. The Morgan fingerprint density at radius 1 is 0.724 bits per heavy atom. The molecule has 29 heavy (non-hydrogen) atoms. The highest BCUT2D eigenvalue weighted by atomic mass is 79.9. The van der Waals surface area contributed by atoms with Crippen LogP contribution in [0.5, 0.6) is 0 Å². The van der Waals surface area contributed by atoms with Crippen LogP contribution in [0.4, 0.5) is 0 Å². The van der Waals surface area contributed by atoms with Gasteiger partial charge in [-0.2, -0.15) is 0 Å². The molecule has 2 aliphatic carbocycles. The molecule has 1 atom stereocenters. The van der Waals surface area contributed by atoms with E-state index in [0.29, 0.717) is 5.92 Å². The third-order valence-electron chi connectivity index (χ3n) is 6.36. The molecule has 0 N–H and O–H groups in total. The van der Waals surface area contributed by atoms with E-state index in [2.05, 4.69) is 112 Å². The van der Waals surface area contributed by atoms with Gasteiger partial charge in [-0.3, -0.25) is 0 Å². The molecule has 0 saturated carbocycles. The third kappa shape index (κ3) is 2.55. The zero-order valence-corrected chi connectivity index (χ0v) is 19.1. The second-order valence-corrected chi connectivity index (χ2v) is 9.93. The van der Waals surface area contributed by atoms with Crippen molar-refractivity contribution in [3.8, 4) is 11.1 Å². The van der Waals surface area contributed by atoms with Gasteiger partial charge in [-0.15, -0.1) is 0 Å². The maximum atomic E-state index is 3.72. The number of allylic oxidation sites excluding steroid dienone is 1. The Morgan fingerprint density at radius 2 is 1.38 bits per heavy atom. The van der Waals surface area contributed by atoms with Crippen LogP contribution in [0, 0.1) is 5.92 Å². The zero-order chi connectivity index (χ0) is 19.7. The number of halogens is 2. The first-order valence-corrected chi connectivity index (χ1v) is 11.6. The zero-order valence-electron chi connectivity index (χ0n) is 16.0. The van der Waals surface area contributed by atoms with Crippen LogP contribution in [-0.4, -0.2) is 0 Å². The molecule has 0 aromatic heterocycles. The van der Waals surface area contributed by atoms with Gasteiger partial charge in [0, 0.05) is 8.95 Å². The fourth-order valence-corrected chi connectivity index (χ4v) is 5.93. The van der Waals surface area contributed by atoms with Crippen molar-refractivity contribution in [2.45, 2.75) is 13.3 Å². The first kappa shape index (κ1) is 17.7. The van der Waals surface area contributed by atoms with Crippen molar-refractivity contribution in [1.29, 1.82) is 0 Å². The molecule has 4 aromatic carbocycles. The molecule has 6 rings (SSSR count). The largest absolute Gasteiger partial charge is 0.0616 e. The Balaban J connectivity index is 1.79. The predicted octanol–water partition coefficient (Wildman–Crippen LogP) is 8.50. The van der Waals surface area contributed by atoms with Crippen LogP contribution < -0.4 is 0 Å². The molecule has 0 nitrogen and oxygen atoms in total. The monoisotopic (exact) mass is 500 g/mol. The van der Waals surface area contributed by atoms with Gasteiger partial charge in [-0.05, 0) is 91.9 Å². The summed E-state index contributed by atoms with van der Waals surface area (Å²) < 4.78 is 2.26. The molecule has 0 spiro atoms. The first-order valence-electron chi connectivity index (χ1n) is 9.97. The van der Waals surface area contributed by atoms with Gasteiger partial charge < -0.3 is 0 Å². The molecule has 2 aliphatic rings. The van der Waals surface area contributed by atoms with E-state index in [0.717, 1.165) is 15.4 Å². The molecular formula is C27H18Br2. The summed E-state index contributed by atoms with van der Waals surface area (Å²) in [4.78, 5) is 0. The van der Waals surface area contributed by atoms with Gasteiger partial charge >= 0.3 is 0 Å². The maximum absolute atomic E-state index is 3.72. The average molecular weight is 502 g/mol. The normalized spacial score (nSPS) is 16.9. The Hall–Kier alpha value is -2.16. The van der Waals surface area contributed by atoms with Gasteiger partial charge in [-0.1, -0.05) is 87.3 Å². The SMILES string of the molecule is CC1Cc2ccc3ccccc3c2C1=C1c2cc(Br)ccc2-c2ccc(Br)cc21. The highest BCUT2D eigenvalue weighted by Gasteiger charge is 2.33. The molecule has 4 aromatic rings. The van der Waals surface area contributed by atoms with E-state index in [-0.39, 0.29) is 0 Å². The Bertz CT molecular complexity index is 1310. The van der Waals surface area contributed by atoms with Crippen LogP contribution in [-0.2, 0) is 6.42 Å². The fraction of sp³-hybridized carbons (Fsp3) is 0.111. The van der Waals surface area contributed by atoms with Gasteiger partial charge in [0.05, 0.1) is 0 Å². The fourth-order valence-electron chi connectivity index (χ4n) is 5.21. The Labute approximate surface area is 187 Å². The lowest BCUT2D eigenvalue weighted by Gasteiger charge is -2.16. The molecular weight excluding hydrogens is 484 g/mol. The maximum Gasteiger partial charge on any atom is 0.0181 e. The summed E-state index contributed by atoms with van der Waals surface area (Å²) in [5, 5.41) is 2.69. The van der Waals surface area contributed by atoms with Crippen molar-refractivity contribution in [1.82, 2.24) is 0 Å². The van der Waals surface area contributed by atoms with Gasteiger partial charge in [0.15, 0.2) is 0 Å². The van der Waals surface area contributed by atoms with Crippen molar-refractivity contribution < 1.29 is 0 Å². The molecule has 0 amide bonds. The summed E-state index contributed by atoms with van der Waals surface area (Å²) in [6, 6.07) is 26.8. The van der Waals surface area contributed by atoms with Gasteiger partial charge in [-0.25, -0.2) is 0 Å². The minimum Gasteiger partial charge on any atom is -0.0616 e. The molecule has 0 radical (unpaired) electrons. The van der Waals surface area contributed by atoms with Crippen LogP contribution in [0.25, 0.3) is 33.0 Å². The highest BCUT2D eigenvalue weighted by molar-refractivity contribution is 9.10. The van der Waals surface area contributed by atoms with Gasteiger partial charge in [0.25, 0.3) is 0 Å². The standard InChI is InChI=1S/C27H18Br2/c1-15-12-17-7-6-16-4-2-3-5-20(16)26(17)25(15)27-23-13-18(28)8-10-21(23)22-11-9-19(29)14-24(22)27/h2-11,13-15H,12H2,1H3. The molecule has 0 bridgehead atoms. The predicted molar refractivity (Wildman–Crippen MR) is 130 cm³/mol. The summed E-state index contributed by atoms with van der Waals surface area (Å²) in [5.74, 6) is 0.488. The molecule has 0 aliphatic heterocycles. The molecule has 1 unspecified atom stereocenters. The van der Waals surface area contributed by atoms with E-state index in [1.165, 1.54) is 55.3 Å². The minimum atomic E-state index is 0.488. The van der Waals surface area contributed by atoms with Crippen molar-refractivity contribution in [3.05, 3.63) is 104 Å². The Kier molecular flexibility index (Phi) is 3.91. The van der Waals surface area contributed by atoms with Gasteiger partial charge in [0.2, 0.25) is 0 Å². The second-order valence-electron chi connectivity index (χ2n) is 8.09. The van der Waals surface area contributed by atoms with Crippen LogP contribution in [0.2, 0.25) is 0 Å².